The van der Waals surface area contributed by atoms with Gasteiger partial charge in [-0.1, -0.05) is 0 Å². The number of rotatable bonds is 0. The van der Waals surface area contributed by atoms with Gasteiger partial charge in [0.15, 0.2) is 0 Å². The molecule has 15 heavy (non-hydrogen) atoms. The molecule has 0 amide bonds. The monoisotopic (exact) mass is 236 g/mol. The third-order valence-electron chi connectivity index (χ3n) is 2.61. The van der Waals surface area contributed by atoms with E-state index in [0.717, 1.165) is 0 Å². The van der Waals surface area contributed by atoms with E-state index in [9.17, 15) is 26.3 Å². The molecule has 0 radical (unpaired) electrons. The summed E-state index contributed by atoms with van der Waals surface area (Å²) in [5.74, 6) is -4.10. The van der Waals surface area contributed by atoms with E-state index >= 15 is 0 Å². The normalized spacial score (nSPS) is 34.2. The Kier molecular flexibility index (Phi) is 3.23. The topological polar surface area (TPSA) is 20.2 Å². The average Bonchev–Trinajstić information content (AvgIpc) is 1.99. The smallest absolute Gasteiger partial charge is 0.391 e. The van der Waals surface area contributed by atoms with Crippen molar-refractivity contribution in [3.8, 4) is 0 Å². The molecule has 1 saturated carbocycles. The number of hydrogen-bond acceptors (Lipinski definition) is 1. The zero-order valence-corrected chi connectivity index (χ0v) is 7.57. The fourth-order valence-electron chi connectivity index (χ4n) is 1.82. The molecule has 0 spiro atoms. The van der Waals surface area contributed by atoms with Crippen molar-refractivity contribution in [2.24, 2.45) is 11.8 Å². The molecule has 0 aromatic heterocycles. The lowest BCUT2D eigenvalue weighted by Crippen LogP contribution is -2.40. The van der Waals surface area contributed by atoms with E-state index in [-0.39, 0.29) is 0 Å². The van der Waals surface area contributed by atoms with Gasteiger partial charge in [0.2, 0.25) is 0 Å². The van der Waals surface area contributed by atoms with Crippen LogP contribution in [0.2, 0.25) is 0 Å². The number of hydrogen-bond donors (Lipinski definition) is 1. The molecule has 1 fully saturated rings. The Hall–Kier alpha value is -0.460. The Morgan fingerprint density at radius 3 is 1.33 bits per heavy atom. The molecule has 0 aromatic carbocycles. The van der Waals surface area contributed by atoms with Crippen molar-refractivity contribution in [3.05, 3.63) is 0 Å². The standard InChI is InChI=1S/C8H10F6O/c9-7(10,11)4-1-5(8(12,13)14)3-6(15)2-4/h4-6,15H,1-3H2/t4-,5-/m0/s1. The fourth-order valence-corrected chi connectivity index (χ4v) is 1.82. The van der Waals surface area contributed by atoms with Crippen LogP contribution < -0.4 is 0 Å². The molecule has 7 heteroatoms. The predicted molar refractivity (Wildman–Crippen MR) is 38.9 cm³/mol. The van der Waals surface area contributed by atoms with E-state index in [4.69, 9.17) is 5.11 Å². The number of halogens is 6. The lowest BCUT2D eigenvalue weighted by molar-refractivity contribution is -0.233. The Morgan fingerprint density at radius 1 is 0.733 bits per heavy atom. The Bertz CT molecular complexity index is 198. The van der Waals surface area contributed by atoms with Crippen molar-refractivity contribution in [3.63, 3.8) is 0 Å². The molecule has 0 saturated heterocycles. The molecule has 1 aliphatic rings. The van der Waals surface area contributed by atoms with Crippen molar-refractivity contribution in [2.75, 3.05) is 0 Å². The van der Waals surface area contributed by atoms with E-state index < -0.39 is 49.6 Å². The van der Waals surface area contributed by atoms with Gasteiger partial charge in [0.1, 0.15) is 0 Å². The van der Waals surface area contributed by atoms with E-state index in [0.29, 0.717) is 0 Å². The maximum absolute atomic E-state index is 12.2. The van der Waals surface area contributed by atoms with Crippen LogP contribution in [0.1, 0.15) is 19.3 Å². The first kappa shape index (κ1) is 12.6. The molecular weight excluding hydrogens is 226 g/mol. The second-order valence-electron chi connectivity index (χ2n) is 3.84. The Morgan fingerprint density at radius 2 is 1.07 bits per heavy atom. The van der Waals surface area contributed by atoms with Gasteiger partial charge < -0.3 is 5.11 Å². The van der Waals surface area contributed by atoms with Gasteiger partial charge in [0.25, 0.3) is 0 Å². The molecule has 0 aromatic rings. The van der Waals surface area contributed by atoms with Gasteiger partial charge in [-0.2, -0.15) is 26.3 Å². The van der Waals surface area contributed by atoms with Crippen molar-refractivity contribution in [2.45, 2.75) is 37.7 Å². The first-order valence-corrected chi connectivity index (χ1v) is 4.42. The third-order valence-corrected chi connectivity index (χ3v) is 2.61. The van der Waals surface area contributed by atoms with E-state index in [1.807, 2.05) is 0 Å². The van der Waals surface area contributed by atoms with E-state index in [1.165, 1.54) is 0 Å². The molecule has 90 valence electrons. The van der Waals surface area contributed by atoms with Crippen LogP contribution in [0.15, 0.2) is 0 Å². The number of aliphatic hydroxyl groups is 1. The highest BCUT2D eigenvalue weighted by Crippen LogP contribution is 2.45. The quantitative estimate of drug-likeness (QED) is 0.641. The number of aliphatic hydroxyl groups excluding tert-OH is 1. The Labute approximate surface area is 82.1 Å². The van der Waals surface area contributed by atoms with Crippen LogP contribution in [0.5, 0.6) is 0 Å². The molecule has 0 unspecified atom stereocenters. The largest absolute Gasteiger partial charge is 0.393 e. The maximum Gasteiger partial charge on any atom is 0.391 e. The zero-order valence-electron chi connectivity index (χ0n) is 7.57. The molecule has 0 heterocycles. The summed E-state index contributed by atoms with van der Waals surface area (Å²) < 4.78 is 73.2. The molecule has 1 aliphatic carbocycles. The third kappa shape index (κ3) is 3.25. The van der Waals surface area contributed by atoms with Crippen molar-refractivity contribution in [1.82, 2.24) is 0 Å². The highest BCUT2D eigenvalue weighted by molar-refractivity contribution is 4.85. The van der Waals surface area contributed by atoms with Gasteiger partial charge in [-0.3, -0.25) is 0 Å². The van der Waals surface area contributed by atoms with Gasteiger partial charge in [-0.15, -0.1) is 0 Å². The van der Waals surface area contributed by atoms with E-state index in [2.05, 4.69) is 0 Å². The molecule has 0 aliphatic heterocycles. The zero-order chi connectivity index (χ0) is 11.9. The SMILES string of the molecule is OC1C[C@@H](C(F)(F)F)C[C@H](C(F)(F)F)C1. The average molecular weight is 236 g/mol. The van der Waals surface area contributed by atoms with Crippen LogP contribution in [0, 0.1) is 11.8 Å². The molecule has 1 nitrogen and oxygen atoms in total. The van der Waals surface area contributed by atoms with Crippen LogP contribution in [-0.4, -0.2) is 23.6 Å². The van der Waals surface area contributed by atoms with Crippen LogP contribution >= 0.6 is 0 Å². The maximum atomic E-state index is 12.2. The van der Waals surface area contributed by atoms with Crippen LogP contribution in [0.3, 0.4) is 0 Å². The van der Waals surface area contributed by atoms with Gasteiger partial charge in [-0.25, -0.2) is 0 Å². The minimum atomic E-state index is -4.66. The van der Waals surface area contributed by atoms with Crippen LogP contribution in [0.25, 0.3) is 0 Å². The van der Waals surface area contributed by atoms with Gasteiger partial charge >= 0.3 is 12.4 Å². The minimum absolute atomic E-state index is 0.629. The summed E-state index contributed by atoms with van der Waals surface area (Å²) in [6.45, 7) is 0. The first-order chi connectivity index (χ1) is 6.60. The molecule has 1 rings (SSSR count). The van der Waals surface area contributed by atoms with Crippen LogP contribution in [0.4, 0.5) is 26.3 Å². The summed E-state index contributed by atoms with van der Waals surface area (Å²) in [6.07, 6.45) is -13.1. The second-order valence-corrected chi connectivity index (χ2v) is 3.84. The lowest BCUT2D eigenvalue weighted by Gasteiger charge is -2.34. The summed E-state index contributed by atoms with van der Waals surface area (Å²) in [4.78, 5) is 0. The lowest BCUT2D eigenvalue weighted by atomic mass is 9.79. The first-order valence-electron chi connectivity index (χ1n) is 4.42. The van der Waals surface area contributed by atoms with Gasteiger partial charge in [0, 0.05) is 0 Å². The molecule has 1 N–H and O–H groups in total. The van der Waals surface area contributed by atoms with Gasteiger partial charge in [-0.05, 0) is 19.3 Å². The van der Waals surface area contributed by atoms with Crippen LogP contribution in [-0.2, 0) is 0 Å². The molecule has 0 bridgehead atoms. The summed E-state index contributed by atoms with van der Waals surface area (Å²) in [6, 6.07) is 0. The summed E-state index contributed by atoms with van der Waals surface area (Å²) in [7, 11) is 0. The minimum Gasteiger partial charge on any atom is -0.393 e. The molecule has 2 atom stereocenters. The molecular formula is C8H10F6O. The summed E-state index contributed by atoms with van der Waals surface area (Å²) >= 11 is 0. The second kappa shape index (κ2) is 3.84. The number of alkyl halides is 6. The highest BCUT2D eigenvalue weighted by atomic mass is 19.4. The highest BCUT2D eigenvalue weighted by Gasteiger charge is 2.51. The van der Waals surface area contributed by atoms with Gasteiger partial charge in [0.05, 0.1) is 17.9 Å². The van der Waals surface area contributed by atoms with Crippen molar-refractivity contribution < 1.29 is 31.4 Å². The van der Waals surface area contributed by atoms with Crippen molar-refractivity contribution in [1.29, 1.82) is 0 Å². The van der Waals surface area contributed by atoms with Crippen molar-refractivity contribution >= 4 is 0 Å². The van der Waals surface area contributed by atoms with E-state index in [1.54, 1.807) is 0 Å². The summed E-state index contributed by atoms with van der Waals surface area (Å²) in [5.41, 5.74) is 0. The Balaban J connectivity index is 2.73. The fraction of sp³-hybridized carbons (Fsp3) is 1.00. The summed E-state index contributed by atoms with van der Waals surface area (Å²) in [5, 5.41) is 8.98. The predicted octanol–water partition coefficient (Wildman–Crippen LogP) is 2.89.